The summed E-state index contributed by atoms with van der Waals surface area (Å²) in [6, 6.07) is 6.37. The number of phenols is 1. The second-order valence-electron chi connectivity index (χ2n) is 3.12. The van der Waals surface area contributed by atoms with E-state index in [9.17, 15) is 9.59 Å². The van der Waals surface area contributed by atoms with Crippen molar-refractivity contribution < 1.29 is 14.7 Å². The van der Waals surface area contributed by atoms with Crippen molar-refractivity contribution in [2.75, 3.05) is 0 Å². The third-order valence-electron chi connectivity index (χ3n) is 1.92. The highest BCUT2D eigenvalue weighted by molar-refractivity contribution is 8.15. The van der Waals surface area contributed by atoms with Crippen molar-refractivity contribution in [3.63, 3.8) is 0 Å². The standard InChI is InChI=1S/C10H8N2O3S/c13-7-3-1-6(2-4-7)5-11-9-8(14)12-10(15)16-9/h1-5,9,13H,(H,12,14,15). The van der Waals surface area contributed by atoms with Crippen LogP contribution in [0.1, 0.15) is 5.56 Å². The molecular weight excluding hydrogens is 228 g/mol. The lowest BCUT2D eigenvalue weighted by Gasteiger charge is -1.97. The number of benzene rings is 1. The fraction of sp³-hybridized carbons (Fsp3) is 0.100. The van der Waals surface area contributed by atoms with E-state index in [1.54, 1.807) is 12.1 Å². The number of hydrogen-bond acceptors (Lipinski definition) is 5. The zero-order chi connectivity index (χ0) is 11.5. The van der Waals surface area contributed by atoms with Crippen LogP contribution in [0.5, 0.6) is 5.75 Å². The number of nitrogens with zero attached hydrogens (tertiary/aromatic N) is 1. The number of amides is 2. The summed E-state index contributed by atoms with van der Waals surface area (Å²) in [6.07, 6.45) is 1.50. The number of rotatable bonds is 2. The molecule has 1 heterocycles. The summed E-state index contributed by atoms with van der Waals surface area (Å²) in [4.78, 5) is 26.0. The Morgan fingerprint density at radius 2 is 2.00 bits per heavy atom. The fourth-order valence-corrected chi connectivity index (χ4v) is 1.81. The van der Waals surface area contributed by atoms with Crippen LogP contribution in [-0.4, -0.2) is 27.8 Å². The average molecular weight is 236 g/mol. The number of aliphatic imine (C=N–C) groups is 1. The van der Waals surface area contributed by atoms with E-state index < -0.39 is 11.3 Å². The van der Waals surface area contributed by atoms with E-state index in [-0.39, 0.29) is 11.0 Å². The summed E-state index contributed by atoms with van der Waals surface area (Å²) in [7, 11) is 0. The lowest BCUT2D eigenvalue weighted by Crippen LogP contribution is -2.23. The van der Waals surface area contributed by atoms with Gasteiger partial charge >= 0.3 is 0 Å². The van der Waals surface area contributed by atoms with Crippen molar-refractivity contribution in [1.29, 1.82) is 0 Å². The van der Waals surface area contributed by atoms with Crippen LogP contribution in [0.15, 0.2) is 29.3 Å². The summed E-state index contributed by atoms with van der Waals surface area (Å²) in [5.74, 6) is -0.231. The van der Waals surface area contributed by atoms with Crippen LogP contribution in [0.4, 0.5) is 4.79 Å². The summed E-state index contributed by atoms with van der Waals surface area (Å²) >= 11 is 0.849. The molecule has 2 amide bonds. The summed E-state index contributed by atoms with van der Waals surface area (Å²) in [5.41, 5.74) is 0.755. The molecule has 2 N–H and O–H groups in total. The molecule has 1 aromatic carbocycles. The molecule has 1 aliphatic heterocycles. The fourth-order valence-electron chi connectivity index (χ4n) is 1.16. The normalized spacial score (nSPS) is 20.4. The van der Waals surface area contributed by atoms with Crippen molar-refractivity contribution in [2.45, 2.75) is 5.37 Å². The summed E-state index contributed by atoms with van der Waals surface area (Å²) in [5, 5.41) is 10.1. The maximum absolute atomic E-state index is 11.2. The van der Waals surface area contributed by atoms with Gasteiger partial charge in [0.1, 0.15) is 5.75 Å². The topological polar surface area (TPSA) is 78.8 Å². The molecular formula is C10H8N2O3S. The molecule has 0 bridgehead atoms. The molecule has 2 rings (SSSR count). The van der Waals surface area contributed by atoms with Gasteiger partial charge in [0.25, 0.3) is 11.1 Å². The molecule has 0 aromatic heterocycles. The van der Waals surface area contributed by atoms with Crippen LogP contribution in [0.2, 0.25) is 0 Å². The monoisotopic (exact) mass is 236 g/mol. The van der Waals surface area contributed by atoms with Gasteiger partial charge in [-0.15, -0.1) is 0 Å². The summed E-state index contributed by atoms with van der Waals surface area (Å²) < 4.78 is 0. The Labute approximate surface area is 95.6 Å². The Kier molecular flexibility index (Phi) is 2.91. The van der Waals surface area contributed by atoms with Gasteiger partial charge in [0.2, 0.25) is 0 Å². The lowest BCUT2D eigenvalue weighted by molar-refractivity contribution is -0.118. The van der Waals surface area contributed by atoms with Crippen LogP contribution in [0.25, 0.3) is 0 Å². The lowest BCUT2D eigenvalue weighted by atomic mass is 10.2. The highest BCUT2D eigenvalue weighted by Crippen LogP contribution is 2.19. The first-order chi connectivity index (χ1) is 7.65. The number of thioether (sulfide) groups is 1. The summed E-state index contributed by atoms with van der Waals surface area (Å²) in [6.45, 7) is 0. The molecule has 0 radical (unpaired) electrons. The molecule has 16 heavy (non-hydrogen) atoms. The predicted octanol–water partition coefficient (Wildman–Crippen LogP) is 1.12. The zero-order valence-electron chi connectivity index (χ0n) is 8.08. The highest BCUT2D eigenvalue weighted by atomic mass is 32.2. The van der Waals surface area contributed by atoms with E-state index in [1.807, 2.05) is 0 Å². The molecule has 1 aliphatic rings. The van der Waals surface area contributed by atoms with Crippen molar-refractivity contribution in [1.82, 2.24) is 5.32 Å². The van der Waals surface area contributed by atoms with E-state index in [1.165, 1.54) is 18.3 Å². The van der Waals surface area contributed by atoms with Crippen LogP contribution >= 0.6 is 11.8 Å². The minimum Gasteiger partial charge on any atom is -0.508 e. The third-order valence-corrected chi connectivity index (χ3v) is 2.80. The van der Waals surface area contributed by atoms with Gasteiger partial charge in [0.15, 0.2) is 5.37 Å². The molecule has 82 valence electrons. The number of imide groups is 1. The predicted molar refractivity (Wildman–Crippen MR) is 60.6 cm³/mol. The Morgan fingerprint density at radius 3 is 2.56 bits per heavy atom. The molecule has 1 atom stereocenters. The van der Waals surface area contributed by atoms with Crippen LogP contribution in [0.3, 0.4) is 0 Å². The average Bonchev–Trinajstić information content (AvgIpc) is 2.57. The Balaban J connectivity index is 2.07. The van der Waals surface area contributed by atoms with Crippen molar-refractivity contribution >= 4 is 29.1 Å². The minimum absolute atomic E-state index is 0.167. The number of carbonyl (C=O) groups is 2. The van der Waals surface area contributed by atoms with Gasteiger partial charge in [-0.25, -0.2) is 0 Å². The second-order valence-corrected chi connectivity index (χ2v) is 4.17. The van der Waals surface area contributed by atoms with E-state index in [2.05, 4.69) is 10.3 Å². The van der Waals surface area contributed by atoms with Crippen molar-refractivity contribution in [3.05, 3.63) is 29.8 Å². The zero-order valence-corrected chi connectivity index (χ0v) is 8.90. The first-order valence-corrected chi connectivity index (χ1v) is 5.37. The van der Waals surface area contributed by atoms with Crippen molar-refractivity contribution in [2.24, 2.45) is 4.99 Å². The number of aromatic hydroxyl groups is 1. The van der Waals surface area contributed by atoms with E-state index in [4.69, 9.17) is 5.11 Å². The minimum atomic E-state index is -0.707. The van der Waals surface area contributed by atoms with Gasteiger partial charge in [-0.2, -0.15) is 0 Å². The smallest absolute Gasteiger partial charge is 0.288 e. The SMILES string of the molecule is O=C1NC(=O)C(N=Cc2ccc(O)cc2)S1. The van der Waals surface area contributed by atoms with Gasteiger partial charge in [-0.05, 0) is 41.6 Å². The Hall–Kier alpha value is -1.82. The first-order valence-electron chi connectivity index (χ1n) is 4.49. The van der Waals surface area contributed by atoms with Gasteiger partial charge in [-0.3, -0.25) is 19.9 Å². The molecule has 1 aromatic rings. The van der Waals surface area contributed by atoms with Gasteiger partial charge in [0, 0.05) is 6.21 Å². The molecule has 0 aliphatic carbocycles. The van der Waals surface area contributed by atoms with Gasteiger partial charge < -0.3 is 5.11 Å². The van der Waals surface area contributed by atoms with Crippen LogP contribution in [-0.2, 0) is 4.79 Å². The maximum atomic E-state index is 11.2. The Bertz CT molecular complexity index is 456. The van der Waals surface area contributed by atoms with Gasteiger partial charge in [0.05, 0.1) is 0 Å². The van der Waals surface area contributed by atoms with E-state index in [0.717, 1.165) is 17.3 Å². The number of carbonyl (C=O) groups excluding carboxylic acids is 2. The number of nitrogens with one attached hydrogen (secondary N) is 1. The van der Waals surface area contributed by atoms with Crippen LogP contribution in [0, 0.1) is 0 Å². The Morgan fingerprint density at radius 1 is 1.31 bits per heavy atom. The molecule has 0 spiro atoms. The molecule has 1 fully saturated rings. The molecule has 6 heteroatoms. The largest absolute Gasteiger partial charge is 0.508 e. The van der Waals surface area contributed by atoms with Crippen LogP contribution < -0.4 is 5.32 Å². The number of phenolic OH excluding ortho intramolecular Hbond substituents is 1. The third kappa shape index (κ3) is 2.40. The van der Waals surface area contributed by atoms with E-state index >= 15 is 0 Å². The quantitative estimate of drug-likeness (QED) is 0.754. The van der Waals surface area contributed by atoms with Crippen molar-refractivity contribution in [3.8, 4) is 5.75 Å². The van der Waals surface area contributed by atoms with Gasteiger partial charge in [-0.1, -0.05) is 0 Å². The molecule has 5 nitrogen and oxygen atoms in total. The highest BCUT2D eigenvalue weighted by Gasteiger charge is 2.30. The first kappa shape index (κ1) is 10.7. The number of hydrogen-bond donors (Lipinski definition) is 2. The molecule has 0 saturated carbocycles. The van der Waals surface area contributed by atoms with E-state index in [0.29, 0.717) is 0 Å². The maximum Gasteiger partial charge on any atom is 0.288 e. The molecule has 1 saturated heterocycles. The second kappa shape index (κ2) is 4.36. The molecule has 1 unspecified atom stereocenters.